The first-order chi connectivity index (χ1) is 8.25. The van der Waals surface area contributed by atoms with Gasteiger partial charge in [-0.3, -0.25) is 0 Å². The zero-order chi connectivity index (χ0) is 14.0. The summed E-state index contributed by atoms with van der Waals surface area (Å²) in [5, 5.41) is 0. The highest BCUT2D eigenvalue weighted by molar-refractivity contribution is 7.80. The van der Waals surface area contributed by atoms with Crippen molar-refractivity contribution in [1.29, 1.82) is 0 Å². The minimum absolute atomic E-state index is 0.522. The van der Waals surface area contributed by atoms with E-state index in [4.69, 9.17) is 12.2 Å². The Morgan fingerprint density at radius 1 is 0.833 bits per heavy atom. The van der Waals surface area contributed by atoms with Crippen LogP contribution in [0.2, 0.25) is 0 Å². The third-order valence-corrected chi connectivity index (χ3v) is 3.69. The van der Waals surface area contributed by atoms with Crippen LogP contribution < -0.4 is 0 Å². The quantitative estimate of drug-likeness (QED) is 0.488. The molecule has 0 unspecified atom stereocenters. The summed E-state index contributed by atoms with van der Waals surface area (Å²) in [6.45, 7) is 15.6. The third kappa shape index (κ3) is 3.20. The van der Waals surface area contributed by atoms with E-state index in [1.165, 1.54) is 22.3 Å². The molecule has 0 radical (unpaired) electrons. The maximum Gasteiger partial charge on any atom is 0.0199 e. The van der Waals surface area contributed by atoms with Gasteiger partial charge in [-0.25, -0.2) is 0 Å². The second kappa shape index (κ2) is 5.97. The molecule has 1 aromatic carbocycles. The van der Waals surface area contributed by atoms with Crippen LogP contribution in [0, 0.1) is 0 Å². The standard InChI is InChI=1S/C17H26S/c1-10(2)14-8-15(11(3)4)17(13(7)18)16(9-14)12(5)6/h8-12H,1-7H3. The normalized spacial score (nSPS) is 11.7. The number of hydrogen-bond acceptors (Lipinski definition) is 1. The molecule has 1 aromatic rings. The van der Waals surface area contributed by atoms with E-state index in [9.17, 15) is 0 Å². The topological polar surface area (TPSA) is 0 Å². The molecular weight excluding hydrogens is 236 g/mol. The highest BCUT2D eigenvalue weighted by atomic mass is 32.1. The summed E-state index contributed by atoms with van der Waals surface area (Å²) in [7, 11) is 0. The van der Waals surface area contributed by atoms with Crippen LogP contribution in [0.5, 0.6) is 0 Å². The first kappa shape index (κ1) is 15.4. The highest BCUT2D eigenvalue weighted by Crippen LogP contribution is 2.32. The summed E-state index contributed by atoms with van der Waals surface area (Å²) in [4.78, 5) is 1.03. The molecule has 0 aliphatic rings. The summed E-state index contributed by atoms with van der Waals surface area (Å²) >= 11 is 5.48. The molecule has 0 saturated carbocycles. The van der Waals surface area contributed by atoms with E-state index >= 15 is 0 Å². The van der Waals surface area contributed by atoms with Crippen LogP contribution in [0.4, 0.5) is 0 Å². The van der Waals surface area contributed by atoms with E-state index in [0.717, 1.165) is 4.86 Å². The van der Waals surface area contributed by atoms with Gasteiger partial charge in [-0.2, -0.15) is 0 Å². The number of hydrogen-bond donors (Lipinski definition) is 0. The lowest BCUT2D eigenvalue weighted by Crippen LogP contribution is -2.09. The highest BCUT2D eigenvalue weighted by Gasteiger charge is 2.17. The van der Waals surface area contributed by atoms with Crippen LogP contribution in [0.15, 0.2) is 12.1 Å². The maximum absolute atomic E-state index is 5.48. The van der Waals surface area contributed by atoms with Gasteiger partial charge in [0.2, 0.25) is 0 Å². The third-order valence-electron chi connectivity index (χ3n) is 3.48. The fraction of sp³-hybridized carbons (Fsp3) is 0.588. The molecule has 18 heavy (non-hydrogen) atoms. The predicted molar refractivity (Wildman–Crippen MR) is 86.1 cm³/mol. The molecule has 0 nitrogen and oxygen atoms in total. The van der Waals surface area contributed by atoms with Crippen molar-refractivity contribution in [2.75, 3.05) is 0 Å². The molecule has 1 rings (SSSR count). The molecule has 100 valence electrons. The summed E-state index contributed by atoms with van der Waals surface area (Å²) in [6.07, 6.45) is 0. The van der Waals surface area contributed by atoms with Crippen LogP contribution >= 0.6 is 12.2 Å². The van der Waals surface area contributed by atoms with Crippen molar-refractivity contribution in [2.45, 2.75) is 66.2 Å². The van der Waals surface area contributed by atoms with Crippen LogP contribution in [0.3, 0.4) is 0 Å². The first-order valence-corrected chi connectivity index (χ1v) is 7.35. The first-order valence-electron chi connectivity index (χ1n) is 6.94. The summed E-state index contributed by atoms with van der Waals surface area (Å²) in [5.74, 6) is 1.61. The van der Waals surface area contributed by atoms with Gasteiger partial charge < -0.3 is 0 Å². The zero-order valence-corrected chi connectivity index (χ0v) is 13.6. The molecule has 0 aromatic heterocycles. The van der Waals surface area contributed by atoms with Crippen molar-refractivity contribution in [1.82, 2.24) is 0 Å². The fourth-order valence-corrected chi connectivity index (χ4v) is 2.60. The molecule has 0 saturated heterocycles. The molecule has 0 spiro atoms. The van der Waals surface area contributed by atoms with Gasteiger partial charge in [0, 0.05) is 4.86 Å². The number of thiocarbonyl (C=S) groups is 1. The van der Waals surface area contributed by atoms with Crippen LogP contribution in [-0.2, 0) is 0 Å². The molecule has 0 fully saturated rings. The van der Waals surface area contributed by atoms with Crippen molar-refractivity contribution in [3.63, 3.8) is 0 Å². The van der Waals surface area contributed by atoms with Crippen molar-refractivity contribution >= 4 is 17.1 Å². The van der Waals surface area contributed by atoms with Gasteiger partial charge in [0.05, 0.1) is 0 Å². The average molecular weight is 262 g/mol. The molecule has 0 atom stereocenters. The van der Waals surface area contributed by atoms with Gasteiger partial charge in [-0.05, 0) is 46.9 Å². The van der Waals surface area contributed by atoms with Crippen LogP contribution in [0.1, 0.15) is 88.5 Å². The van der Waals surface area contributed by atoms with E-state index in [0.29, 0.717) is 17.8 Å². The molecule has 0 aliphatic carbocycles. The largest absolute Gasteiger partial charge is 0.0846 e. The smallest absolute Gasteiger partial charge is 0.0199 e. The lowest BCUT2D eigenvalue weighted by Gasteiger charge is -2.22. The van der Waals surface area contributed by atoms with Crippen LogP contribution in [0.25, 0.3) is 0 Å². The van der Waals surface area contributed by atoms with E-state index in [1.54, 1.807) is 0 Å². The van der Waals surface area contributed by atoms with Gasteiger partial charge in [-0.1, -0.05) is 65.9 Å². The second-order valence-electron chi connectivity index (χ2n) is 6.09. The summed E-state index contributed by atoms with van der Waals surface area (Å²) in [5.41, 5.74) is 5.58. The fourth-order valence-electron chi connectivity index (χ4n) is 2.36. The zero-order valence-electron chi connectivity index (χ0n) is 12.8. The molecule has 0 amide bonds. The minimum atomic E-state index is 0.522. The van der Waals surface area contributed by atoms with E-state index in [1.807, 2.05) is 0 Å². The van der Waals surface area contributed by atoms with E-state index in [-0.39, 0.29) is 0 Å². The van der Waals surface area contributed by atoms with Crippen LogP contribution in [-0.4, -0.2) is 4.86 Å². The Balaban J connectivity index is 3.60. The van der Waals surface area contributed by atoms with Crippen molar-refractivity contribution in [3.05, 3.63) is 34.4 Å². The Morgan fingerprint density at radius 2 is 1.22 bits per heavy atom. The molecule has 0 heterocycles. The maximum atomic E-state index is 5.48. The van der Waals surface area contributed by atoms with Crippen molar-refractivity contribution < 1.29 is 0 Å². The van der Waals surface area contributed by atoms with Gasteiger partial charge in [0.1, 0.15) is 0 Å². The Morgan fingerprint density at radius 3 is 1.44 bits per heavy atom. The van der Waals surface area contributed by atoms with E-state index < -0.39 is 0 Å². The Kier molecular flexibility index (Phi) is 5.10. The number of benzene rings is 1. The van der Waals surface area contributed by atoms with Gasteiger partial charge in [0.25, 0.3) is 0 Å². The predicted octanol–water partition coefficient (Wildman–Crippen LogP) is 5.79. The average Bonchev–Trinajstić information content (AvgIpc) is 2.26. The van der Waals surface area contributed by atoms with Crippen molar-refractivity contribution in [2.24, 2.45) is 0 Å². The number of rotatable bonds is 4. The van der Waals surface area contributed by atoms with Gasteiger partial charge in [-0.15, -0.1) is 0 Å². The molecular formula is C17H26S. The lowest BCUT2D eigenvalue weighted by molar-refractivity contribution is 0.801. The van der Waals surface area contributed by atoms with E-state index in [2.05, 4.69) is 60.6 Å². The lowest BCUT2D eigenvalue weighted by atomic mass is 9.83. The summed E-state index contributed by atoms with van der Waals surface area (Å²) < 4.78 is 0. The SMILES string of the molecule is CC(=S)c1c(C(C)C)cc(C(C)C)cc1C(C)C. The Hall–Kier alpha value is -0.690. The molecule has 0 N–H and O–H groups in total. The second-order valence-corrected chi connectivity index (χ2v) is 6.71. The minimum Gasteiger partial charge on any atom is -0.0846 e. The van der Waals surface area contributed by atoms with Crippen molar-refractivity contribution in [3.8, 4) is 0 Å². The van der Waals surface area contributed by atoms with Gasteiger partial charge >= 0.3 is 0 Å². The summed E-state index contributed by atoms with van der Waals surface area (Å²) in [6, 6.07) is 4.71. The monoisotopic (exact) mass is 262 g/mol. The molecule has 0 bridgehead atoms. The molecule has 1 heteroatoms. The Bertz CT molecular complexity index is 410. The molecule has 0 aliphatic heterocycles. The van der Waals surface area contributed by atoms with Gasteiger partial charge in [0.15, 0.2) is 0 Å². The Labute approximate surface area is 118 Å².